The van der Waals surface area contributed by atoms with Gasteiger partial charge in [-0.1, -0.05) is 0 Å². The minimum absolute atomic E-state index is 0.00300. The third-order valence-corrected chi connectivity index (χ3v) is 13.7. The van der Waals surface area contributed by atoms with Crippen molar-refractivity contribution in [2.45, 2.75) is 50.9 Å². The fourth-order valence-electron chi connectivity index (χ4n) is 8.65. The van der Waals surface area contributed by atoms with Crippen molar-refractivity contribution in [3.8, 4) is 16.9 Å². The Kier molecular flexibility index (Phi) is 11.8. The van der Waals surface area contributed by atoms with Crippen LogP contribution >= 0.6 is 0 Å². The summed E-state index contributed by atoms with van der Waals surface area (Å²) in [5.74, 6) is -3.11. The molecular weight excluding hydrogens is 856 g/mol. The van der Waals surface area contributed by atoms with Gasteiger partial charge in [-0.2, -0.15) is 12.7 Å². The molecule has 16 nitrogen and oxygen atoms in total. The zero-order valence-electron chi connectivity index (χ0n) is 34.5. The fourth-order valence-corrected chi connectivity index (χ4v) is 9.91. The number of aromatic amines is 1. The number of aromatic nitrogens is 3. The molecule has 0 aliphatic carbocycles. The maximum atomic E-state index is 15.7. The second-order valence-corrected chi connectivity index (χ2v) is 18.0. The van der Waals surface area contributed by atoms with Crippen molar-refractivity contribution in [1.82, 2.24) is 34.4 Å². The molecule has 3 saturated heterocycles. The predicted molar refractivity (Wildman–Crippen MR) is 229 cm³/mol. The number of nitrogens with one attached hydrogen (secondary N) is 3. The lowest BCUT2D eigenvalue weighted by atomic mass is 10.00. The van der Waals surface area contributed by atoms with Gasteiger partial charge in [0, 0.05) is 98.5 Å². The summed E-state index contributed by atoms with van der Waals surface area (Å²) in [6, 6.07) is 11.8. The number of ketones is 1. The first-order valence-corrected chi connectivity index (χ1v) is 22.5. The zero-order chi connectivity index (χ0) is 44.7. The molecule has 0 bridgehead atoms. The van der Waals surface area contributed by atoms with Gasteiger partial charge in [0.2, 0.25) is 17.6 Å². The number of pyridine rings is 2. The number of nitrogens with zero attached hydrogens (tertiary/aromatic N) is 6. The van der Waals surface area contributed by atoms with E-state index in [0.717, 1.165) is 73.4 Å². The highest BCUT2D eigenvalue weighted by molar-refractivity contribution is 7.90. The Balaban J connectivity index is 0.759. The van der Waals surface area contributed by atoms with Gasteiger partial charge in [0.05, 0.1) is 17.9 Å². The number of halogens is 3. The van der Waals surface area contributed by atoms with Crippen molar-refractivity contribution in [3.05, 3.63) is 101 Å². The minimum Gasteiger partial charge on any atom is -0.494 e. The van der Waals surface area contributed by atoms with Crippen molar-refractivity contribution in [2.75, 3.05) is 62.0 Å². The Labute approximate surface area is 365 Å². The highest BCUT2D eigenvalue weighted by atomic mass is 32.2. The van der Waals surface area contributed by atoms with Gasteiger partial charge in [-0.15, -0.1) is 0 Å². The summed E-state index contributed by atoms with van der Waals surface area (Å²) in [6.45, 7) is 4.49. The van der Waals surface area contributed by atoms with Crippen LogP contribution in [0.15, 0.2) is 67.1 Å². The molecule has 0 radical (unpaired) electrons. The average molecular weight is 900 g/mol. The minimum atomic E-state index is -4.36. The zero-order valence-corrected chi connectivity index (χ0v) is 35.3. The van der Waals surface area contributed by atoms with Crippen molar-refractivity contribution in [3.63, 3.8) is 0 Å². The predicted octanol–water partition coefficient (Wildman–Crippen LogP) is 4.58. The van der Waals surface area contributed by atoms with Gasteiger partial charge >= 0.3 is 10.2 Å². The number of alkyl halides is 1. The second-order valence-electron chi connectivity index (χ2n) is 16.3. The quantitative estimate of drug-likeness (QED) is 0.0804. The van der Waals surface area contributed by atoms with Gasteiger partial charge in [-0.3, -0.25) is 34.1 Å². The molecule has 7 heterocycles. The molecule has 9 rings (SSSR count). The largest absolute Gasteiger partial charge is 0.494 e. The molecule has 3 amide bonds. The van der Waals surface area contributed by atoms with Gasteiger partial charge in [-0.25, -0.2) is 23.1 Å². The van der Waals surface area contributed by atoms with Gasteiger partial charge in [-0.05, 0) is 86.3 Å². The Morgan fingerprint density at radius 2 is 1.73 bits per heavy atom. The molecule has 4 aliphatic rings. The van der Waals surface area contributed by atoms with Crippen LogP contribution in [0.5, 0.6) is 5.75 Å². The standard InChI is InChI=1S/C44H44F3N9O7S/c45-29-11-13-55(25-29)64(61,62)52-35-7-6-34(46)39(40(35)47)41(58)33-23-50-42-32(33)20-27(22-49-42)26-3-9-37(48-21-26)54-16-14-53(15-17-54)12-1-2-18-63-30-4-5-31-28(19-30)24-56(44(31)60)36-8-10-38(57)51-43(36)59/h3-7,9,19-23,29,36,52H,1-2,8,10-18,24-25H2,(H,49,50)(H,51,57,59)/t29-,36?/m1/s1. The second kappa shape index (κ2) is 17.6. The Morgan fingerprint density at radius 3 is 2.48 bits per heavy atom. The van der Waals surface area contributed by atoms with Crippen LogP contribution in [0.4, 0.5) is 24.7 Å². The number of carbonyl (C=O) groups excluding carboxylic acids is 4. The number of piperazine rings is 1. The monoisotopic (exact) mass is 899 g/mol. The first-order valence-electron chi connectivity index (χ1n) is 21.1. The number of H-pyrrole nitrogens is 1. The number of amides is 3. The van der Waals surface area contributed by atoms with E-state index >= 15 is 8.78 Å². The van der Waals surface area contributed by atoms with Crippen LogP contribution in [0.25, 0.3) is 22.2 Å². The number of fused-ring (bicyclic) bond motifs is 2. The number of rotatable bonds is 14. The molecule has 20 heteroatoms. The number of benzene rings is 2. The molecule has 5 aromatic rings. The summed E-state index contributed by atoms with van der Waals surface area (Å²) in [5.41, 5.74) is 1.29. The fraction of sp³-hybridized carbons (Fsp3) is 0.364. The number of ether oxygens (including phenoxy) is 1. The van der Waals surface area contributed by atoms with Crippen molar-refractivity contribution < 1.29 is 45.5 Å². The molecule has 0 saturated carbocycles. The summed E-state index contributed by atoms with van der Waals surface area (Å²) >= 11 is 0. The lowest BCUT2D eigenvalue weighted by Gasteiger charge is -2.35. The van der Waals surface area contributed by atoms with Gasteiger partial charge in [0.25, 0.3) is 5.91 Å². The summed E-state index contributed by atoms with van der Waals surface area (Å²) < 4.78 is 78.9. The van der Waals surface area contributed by atoms with Crippen LogP contribution in [-0.2, 0) is 26.3 Å². The van der Waals surface area contributed by atoms with Crippen molar-refractivity contribution in [1.29, 1.82) is 0 Å². The number of hydrogen-bond donors (Lipinski definition) is 3. The van der Waals surface area contributed by atoms with E-state index in [1.165, 1.54) is 11.1 Å². The Bertz CT molecular complexity index is 2760. The van der Waals surface area contributed by atoms with E-state index < -0.39 is 63.5 Å². The van der Waals surface area contributed by atoms with E-state index in [9.17, 15) is 32.0 Å². The smallest absolute Gasteiger partial charge is 0.301 e. The lowest BCUT2D eigenvalue weighted by molar-refractivity contribution is -0.136. The third-order valence-electron chi connectivity index (χ3n) is 12.2. The van der Waals surface area contributed by atoms with Crippen molar-refractivity contribution in [2.24, 2.45) is 0 Å². The third kappa shape index (κ3) is 8.64. The maximum Gasteiger partial charge on any atom is 0.301 e. The topological polar surface area (TPSA) is 190 Å². The first kappa shape index (κ1) is 42.9. The number of carbonyl (C=O) groups is 4. The molecule has 3 aromatic heterocycles. The van der Waals surface area contributed by atoms with Crippen LogP contribution < -0.4 is 19.7 Å². The normalized spacial score (nSPS) is 19.6. The van der Waals surface area contributed by atoms with Gasteiger partial charge in [0.1, 0.15) is 35.2 Å². The SMILES string of the molecule is O=C1CCC(N2Cc3cc(OCCCCN4CCN(c5ccc(-c6cnc7[nH]cc(C(=O)c8c(F)ccc(NS(=O)(=O)N9CC[C@@H](F)C9)c8F)c7c6)cn5)CC4)ccc3C2=O)C(=O)N1. The van der Waals surface area contributed by atoms with Crippen LogP contribution in [0, 0.1) is 11.6 Å². The molecule has 2 aromatic carbocycles. The highest BCUT2D eigenvalue weighted by Gasteiger charge is 2.39. The molecule has 4 aliphatic heterocycles. The maximum absolute atomic E-state index is 15.7. The molecule has 0 spiro atoms. The van der Waals surface area contributed by atoms with Crippen LogP contribution in [0.2, 0.25) is 0 Å². The number of piperidine rings is 1. The van der Waals surface area contributed by atoms with Gasteiger partial charge < -0.3 is 19.5 Å². The number of imide groups is 1. The first-order chi connectivity index (χ1) is 30.8. The number of hydrogen-bond acceptors (Lipinski definition) is 11. The Morgan fingerprint density at radius 1 is 0.922 bits per heavy atom. The summed E-state index contributed by atoms with van der Waals surface area (Å²) in [6.07, 6.45) is 5.53. The molecule has 1 unspecified atom stereocenters. The van der Waals surface area contributed by atoms with Crippen LogP contribution in [-0.4, -0.2) is 126 Å². The molecule has 334 valence electrons. The number of anilines is 2. The van der Waals surface area contributed by atoms with Crippen molar-refractivity contribution >= 4 is 56.3 Å². The van der Waals surface area contributed by atoms with Crippen LogP contribution in [0.1, 0.15) is 63.9 Å². The Hall–Kier alpha value is -6.38. The number of unbranched alkanes of at least 4 members (excludes halogenated alkanes) is 1. The summed E-state index contributed by atoms with van der Waals surface area (Å²) in [5, 5.41) is 2.62. The summed E-state index contributed by atoms with van der Waals surface area (Å²) in [7, 11) is -4.36. The van der Waals surface area contributed by atoms with E-state index in [1.54, 1.807) is 30.6 Å². The molecule has 64 heavy (non-hydrogen) atoms. The molecule has 3 fully saturated rings. The molecule has 2 atom stereocenters. The highest BCUT2D eigenvalue weighted by Crippen LogP contribution is 2.32. The lowest BCUT2D eigenvalue weighted by Crippen LogP contribution is -2.52. The van der Waals surface area contributed by atoms with E-state index in [-0.39, 0.29) is 36.8 Å². The average Bonchev–Trinajstić information content (AvgIpc) is 4.01. The van der Waals surface area contributed by atoms with E-state index in [2.05, 4.69) is 25.1 Å². The van der Waals surface area contributed by atoms with Gasteiger partial charge in [0.15, 0.2) is 5.82 Å². The van der Waals surface area contributed by atoms with Crippen LogP contribution in [0.3, 0.4) is 0 Å². The van der Waals surface area contributed by atoms with E-state index in [1.807, 2.05) is 22.9 Å². The molecule has 3 N–H and O–H groups in total. The van der Waals surface area contributed by atoms with E-state index in [0.29, 0.717) is 53.0 Å². The summed E-state index contributed by atoms with van der Waals surface area (Å²) in [4.78, 5) is 68.7. The molecular formula is C44H44F3N9O7S. The van der Waals surface area contributed by atoms with E-state index in [4.69, 9.17) is 9.72 Å².